The zero-order valence-electron chi connectivity index (χ0n) is 17.3. The summed E-state index contributed by atoms with van der Waals surface area (Å²) in [6.07, 6.45) is 9.22. The Hall–Kier alpha value is -3.25. The molecule has 7 rings (SSSR count). The summed E-state index contributed by atoms with van der Waals surface area (Å²) in [6.45, 7) is 2.31. The fraction of sp³-hybridized carbons (Fsp3) is 0.320. The van der Waals surface area contributed by atoms with Gasteiger partial charge in [0.25, 0.3) is 0 Å². The second kappa shape index (κ2) is 7.78. The summed E-state index contributed by atoms with van der Waals surface area (Å²) in [5, 5.41) is 10.1. The molecule has 156 valence electrons. The first-order valence-corrected chi connectivity index (χ1v) is 11.0. The largest absolute Gasteiger partial charge is 0.471 e. The lowest BCUT2D eigenvalue weighted by molar-refractivity contribution is -0.0599. The minimum atomic E-state index is 0.138. The third-order valence-electron chi connectivity index (χ3n) is 6.80. The fourth-order valence-corrected chi connectivity index (χ4v) is 5.17. The number of nitrogens with one attached hydrogen (secondary N) is 1. The van der Waals surface area contributed by atoms with E-state index in [-0.39, 0.29) is 6.10 Å². The van der Waals surface area contributed by atoms with Crippen LogP contribution in [0.5, 0.6) is 5.88 Å². The molecule has 3 aromatic heterocycles. The lowest BCUT2D eigenvalue weighted by atomic mass is 9.78. The molecule has 0 aliphatic carbocycles. The van der Waals surface area contributed by atoms with Crippen LogP contribution in [0.3, 0.4) is 0 Å². The smallest absolute Gasteiger partial charge is 0.233 e. The van der Waals surface area contributed by atoms with Crippen molar-refractivity contribution in [3.63, 3.8) is 0 Å². The molecule has 0 saturated carbocycles. The van der Waals surface area contributed by atoms with Crippen LogP contribution in [0.15, 0.2) is 67.1 Å². The van der Waals surface area contributed by atoms with Gasteiger partial charge in [-0.25, -0.2) is 0 Å². The van der Waals surface area contributed by atoms with Crippen molar-refractivity contribution < 1.29 is 4.74 Å². The van der Waals surface area contributed by atoms with Crippen LogP contribution in [0.4, 0.5) is 0 Å². The molecule has 0 radical (unpaired) electrons. The van der Waals surface area contributed by atoms with Crippen molar-refractivity contribution in [1.29, 1.82) is 0 Å². The topological polar surface area (TPSA) is 66.9 Å². The van der Waals surface area contributed by atoms with Crippen LogP contribution in [0.1, 0.15) is 18.4 Å². The van der Waals surface area contributed by atoms with E-state index in [1.54, 1.807) is 0 Å². The maximum Gasteiger partial charge on any atom is 0.233 e. The second-order valence-corrected chi connectivity index (χ2v) is 8.63. The van der Waals surface area contributed by atoms with Crippen molar-refractivity contribution in [3.8, 4) is 17.1 Å². The SMILES string of the molecule is c1cncc(C[C@H]2[C@@H](Oc3ccc(-c4ccc5[nH]ccc5c4)nn3)C3CCN2CC3)c1. The average Bonchev–Trinajstić information content (AvgIpc) is 3.30. The zero-order chi connectivity index (χ0) is 20.6. The van der Waals surface area contributed by atoms with E-state index in [0.29, 0.717) is 17.8 Å². The Morgan fingerprint density at radius 3 is 2.77 bits per heavy atom. The van der Waals surface area contributed by atoms with Crippen LogP contribution < -0.4 is 4.74 Å². The molecule has 6 heteroatoms. The Bertz CT molecular complexity index is 1170. The third-order valence-corrected chi connectivity index (χ3v) is 6.80. The van der Waals surface area contributed by atoms with Gasteiger partial charge in [-0.3, -0.25) is 9.88 Å². The van der Waals surface area contributed by atoms with E-state index in [1.807, 2.05) is 36.8 Å². The third kappa shape index (κ3) is 3.57. The maximum absolute atomic E-state index is 6.48. The summed E-state index contributed by atoms with van der Waals surface area (Å²) in [5.74, 6) is 1.19. The monoisotopic (exact) mass is 411 g/mol. The van der Waals surface area contributed by atoms with Crippen molar-refractivity contribution in [1.82, 2.24) is 25.1 Å². The molecule has 2 bridgehead atoms. The molecular weight excluding hydrogens is 386 g/mol. The van der Waals surface area contributed by atoms with Gasteiger partial charge in [-0.15, -0.1) is 10.2 Å². The number of aromatic amines is 1. The van der Waals surface area contributed by atoms with Crippen LogP contribution >= 0.6 is 0 Å². The lowest BCUT2D eigenvalue weighted by Crippen LogP contribution is -2.60. The lowest BCUT2D eigenvalue weighted by Gasteiger charge is -2.50. The standard InChI is InChI=1S/C25H25N5O/c1-2-17(16-26-10-1)14-23-25(18-8-12-30(23)13-9-18)31-24-6-5-22(28-29-24)19-3-4-21-20(15-19)7-11-27-21/h1-7,10-11,15-16,18,23,25,27H,8-9,12-14H2/t23-,25-/m0/s1. The summed E-state index contributed by atoms with van der Waals surface area (Å²) in [7, 11) is 0. The van der Waals surface area contributed by atoms with Crippen LogP contribution in [-0.4, -0.2) is 50.3 Å². The van der Waals surface area contributed by atoms with Crippen molar-refractivity contribution >= 4 is 10.9 Å². The predicted molar refractivity (Wildman–Crippen MR) is 120 cm³/mol. The molecule has 6 heterocycles. The van der Waals surface area contributed by atoms with Gasteiger partial charge < -0.3 is 9.72 Å². The quantitative estimate of drug-likeness (QED) is 0.535. The fourth-order valence-electron chi connectivity index (χ4n) is 5.17. The molecule has 31 heavy (non-hydrogen) atoms. The number of fused-ring (bicyclic) bond motifs is 4. The van der Waals surface area contributed by atoms with Gasteiger partial charge in [-0.2, -0.15) is 0 Å². The summed E-state index contributed by atoms with van der Waals surface area (Å²) in [4.78, 5) is 10.1. The van der Waals surface area contributed by atoms with E-state index < -0.39 is 0 Å². The average molecular weight is 412 g/mol. The van der Waals surface area contributed by atoms with E-state index >= 15 is 0 Å². The Morgan fingerprint density at radius 1 is 1.03 bits per heavy atom. The van der Waals surface area contributed by atoms with Crippen LogP contribution in [0, 0.1) is 5.92 Å². The molecule has 1 N–H and O–H groups in total. The minimum Gasteiger partial charge on any atom is -0.471 e. The van der Waals surface area contributed by atoms with Gasteiger partial charge in [-0.05, 0) is 74.2 Å². The molecule has 0 spiro atoms. The number of aromatic nitrogens is 4. The highest BCUT2D eigenvalue weighted by atomic mass is 16.5. The number of piperidine rings is 3. The van der Waals surface area contributed by atoms with Crippen molar-refractivity contribution in [2.75, 3.05) is 13.1 Å². The Morgan fingerprint density at radius 2 is 1.97 bits per heavy atom. The Labute approximate surface area is 181 Å². The van der Waals surface area contributed by atoms with E-state index in [1.165, 1.54) is 23.8 Å². The van der Waals surface area contributed by atoms with Crippen LogP contribution in [-0.2, 0) is 6.42 Å². The van der Waals surface area contributed by atoms with E-state index in [4.69, 9.17) is 4.74 Å². The van der Waals surface area contributed by atoms with E-state index in [9.17, 15) is 0 Å². The van der Waals surface area contributed by atoms with Crippen LogP contribution in [0.25, 0.3) is 22.2 Å². The molecule has 0 amide bonds. The Kier molecular flexibility index (Phi) is 4.65. The number of ether oxygens (including phenoxy) is 1. The van der Waals surface area contributed by atoms with Gasteiger partial charge in [0.05, 0.1) is 11.7 Å². The molecule has 0 unspecified atom stereocenters. The van der Waals surface area contributed by atoms with Gasteiger partial charge in [0.15, 0.2) is 0 Å². The zero-order valence-corrected chi connectivity index (χ0v) is 17.3. The molecular formula is C25H25N5O. The van der Waals surface area contributed by atoms with Gasteiger partial charge in [0, 0.05) is 41.1 Å². The first kappa shape index (κ1) is 18.5. The summed E-state index contributed by atoms with van der Waals surface area (Å²) in [5.41, 5.74) is 4.30. The van der Waals surface area contributed by atoms with Crippen molar-refractivity contribution in [2.45, 2.75) is 31.4 Å². The number of nitrogens with zero attached hydrogens (tertiary/aromatic N) is 4. The number of hydrogen-bond donors (Lipinski definition) is 1. The normalized spacial score (nSPS) is 25.0. The van der Waals surface area contributed by atoms with Crippen molar-refractivity contribution in [3.05, 3.63) is 72.7 Å². The number of benzene rings is 1. The first-order valence-electron chi connectivity index (χ1n) is 11.0. The summed E-state index contributed by atoms with van der Waals surface area (Å²) < 4.78 is 6.48. The predicted octanol–water partition coefficient (Wildman–Crippen LogP) is 4.10. The maximum atomic E-state index is 6.48. The molecule has 3 aliphatic heterocycles. The van der Waals surface area contributed by atoms with Gasteiger partial charge >= 0.3 is 0 Å². The summed E-state index contributed by atoms with van der Waals surface area (Å²) in [6, 6.07) is 16.8. The molecule has 6 nitrogen and oxygen atoms in total. The number of H-pyrrole nitrogens is 1. The molecule has 3 saturated heterocycles. The van der Waals surface area contributed by atoms with Gasteiger partial charge in [0.2, 0.25) is 5.88 Å². The first-order chi connectivity index (χ1) is 15.3. The highest BCUT2D eigenvalue weighted by Crippen LogP contribution is 2.36. The minimum absolute atomic E-state index is 0.138. The molecule has 2 atom stereocenters. The number of rotatable bonds is 5. The van der Waals surface area contributed by atoms with E-state index in [2.05, 4.69) is 55.4 Å². The highest BCUT2D eigenvalue weighted by molar-refractivity contribution is 5.84. The van der Waals surface area contributed by atoms with E-state index in [0.717, 1.165) is 36.3 Å². The summed E-state index contributed by atoms with van der Waals surface area (Å²) >= 11 is 0. The second-order valence-electron chi connectivity index (χ2n) is 8.63. The van der Waals surface area contributed by atoms with Gasteiger partial charge in [0.1, 0.15) is 6.10 Å². The Balaban J connectivity index is 1.22. The molecule has 3 fully saturated rings. The molecule has 4 aromatic rings. The van der Waals surface area contributed by atoms with Gasteiger partial charge in [-0.1, -0.05) is 12.1 Å². The molecule has 1 aromatic carbocycles. The highest BCUT2D eigenvalue weighted by Gasteiger charge is 2.43. The number of hydrogen-bond acceptors (Lipinski definition) is 5. The van der Waals surface area contributed by atoms with Crippen molar-refractivity contribution in [2.24, 2.45) is 5.92 Å². The molecule has 3 aliphatic rings. The van der Waals surface area contributed by atoms with Crippen LogP contribution in [0.2, 0.25) is 0 Å². The number of pyridine rings is 1.